The lowest BCUT2D eigenvalue weighted by Gasteiger charge is -2.10. The van der Waals surface area contributed by atoms with Gasteiger partial charge >= 0.3 is 5.97 Å². The average molecular weight is 276 g/mol. The number of carboxylic acid groups (broad SMARTS) is 1. The number of hydrogen-bond donors (Lipinski definition) is 2. The van der Waals surface area contributed by atoms with Crippen LogP contribution in [0.3, 0.4) is 0 Å². The Balaban J connectivity index is 2.12. The van der Waals surface area contributed by atoms with E-state index in [0.717, 1.165) is 16.8 Å². The number of benzene rings is 2. The Morgan fingerprint density at radius 3 is 2.79 bits per heavy atom. The largest absolute Gasteiger partial charge is 0.478 e. The first kappa shape index (κ1) is 13.4. The van der Waals surface area contributed by atoms with E-state index in [9.17, 15) is 4.79 Å². The van der Waals surface area contributed by atoms with Gasteiger partial charge in [0.1, 0.15) is 0 Å². The summed E-state index contributed by atoms with van der Waals surface area (Å²) in [5.41, 5.74) is 3.26. The quantitative estimate of drug-likeness (QED) is 0.888. The third kappa shape index (κ3) is 3.48. The maximum atomic E-state index is 10.9. The molecule has 0 radical (unpaired) electrons. The SMILES string of the molecule is Cc1ccc(Cl)cc1NCc1cccc(C(=O)O)c1. The molecule has 0 saturated heterocycles. The maximum absolute atomic E-state index is 10.9. The fourth-order valence-electron chi connectivity index (χ4n) is 1.80. The number of anilines is 1. The highest BCUT2D eigenvalue weighted by molar-refractivity contribution is 6.30. The minimum atomic E-state index is -0.916. The molecule has 0 aliphatic heterocycles. The molecule has 0 atom stereocenters. The molecule has 0 aliphatic rings. The zero-order valence-electron chi connectivity index (χ0n) is 10.5. The van der Waals surface area contributed by atoms with Crippen LogP contribution >= 0.6 is 11.6 Å². The molecule has 0 saturated carbocycles. The summed E-state index contributed by atoms with van der Waals surface area (Å²) >= 11 is 5.95. The van der Waals surface area contributed by atoms with E-state index in [1.807, 2.05) is 31.2 Å². The number of aromatic carboxylic acids is 1. The lowest BCUT2D eigenvalue weighted by molar-refractivity contribution is 0.0697. The molecule has 4 heteroatoms. The van der Waals surface area contributed by atoms with Crippen LogP contribution in [-0.2, 0) is 6.54 Å². The average Bonchev–Trinajstić information content (AvgIpc) is 2.40. The van der Waals surface area contributed by atoms with Gasteiger partial charge in [0.15, 0.2) is 0 Å². The number of halogens is 1. The van der Waals surface area contributed by atoms with E-state index < -0.39 is 5.97 Å². The summed E-state index contributed by atoms with van der Waals surface area (Å²) in [5.74, 6) is -0.916. The van der Waals surface area contributed by atoms with Crippen molar-refractivity contribution in [3.8, 4) is 0 Å². The van der Waals surface area contributed by atoms with Crippen LogP contribution in [0.15, 0.2) is 42.5 Å². The Morgan fingerprint density at radius 1 is 1.26 bits per heavy atom. The molecule has 0 heterocycles. The molecule has 0 spiro atoms. The van der Waals surface area contributed by atoms with Crippen molar-refractivity contribution in [1.82, 2.24) is 0 Å². The first-order chi connectivity index (χ1) is 9.06. The predicted octanol–water partition coefficient (Wildman–Crippen LogP) is 3.96. The minimum Gasteiger partial charge on any atom is -0.478 e. The Kier molecular flexibility index (Phi) is 4.07. The van der Waals surface area contributed by atoms with Crippen molar-refractivity contribution in [3.05, 3.63) is 64.2 Å². The van der Waals surface area contributed by atoms with E-state index >= 15 is 0 Å². The van der Waals surface area contributed by atoms with Crippen LogP contribution < -0.4 is 5.32 Å². The highest BCUT2D eigenvalue weighted by Crippen LogP contribution is 2.21. The number of hydrogen-bond acceptors (Lipinski definition) is 2. The maximum Gasteiger partial charge on any atom is 0.335 e. The van der Waals surface area contributed by atoms with Crippen molar-refractivity contribution in [2.24, 2.45) is 0 Å². The molecule has 0 fully saturated rings. The van der Waals surface area contributed by atoms with E-state index in [1.165, 1.54) is 0 Å². The van der Waals surface area contributed by atoms with Gasteiger partial charge in [-0.25, -0.2) is 4.79 Å². The van der Waals surface area contributed by atoms with Crippen molar-refractivity contribution in [3.63, 3.8) is 0 Å². The molecule has 2 aromatic carbocycles. The van der Waals surface area contributed by atoms with Crippen molar-refractivity contribution >= 4 is 23.3 Å². The zero-order valence-corrected chi connectivity index (χ0v) is 11.2. The molecule has 0 amide bonds. The summed E-state index contributed by atoms with van der Waals surface area (Å²) in [5, 5.41) is 12.9. The van der Waals surface area contributed by atoms with Gasteiger partial charge in [0.25, 0.3) is 0 Å². The van der Waals surface area contributed by atoms with Crippen molar-refractivity contribution < 1.29 is 9.90 Å². The van der Waals surface area contributed by atoms with Crippen LogP contribution in [0.25, 0.3) is 0 Å². The Hall–Kier alpha value is -2.00. The van der Waals surface area contributed by atoms with Gasteiger partial charge in [0, 0.05) is 17.3 Å². The summed E-state index contributed by atoms with van der Waals surface area (Å²) < 4.78 is 0. The lowest BCUT2D eigenvalue weighted by Crippen LogP contribution is -2.03. The molecule has 2 aromatic rings. The molecule has 0 bridgehead atoms. The van der Waals surface area contributed by atoms with Crippen LogP contribution in [-0.4, -0.2) is 11.1 Å². The lowest BCUT2D eigenvalue weighted by atomic mass is 10.1. The summed E-state index contributed by atoms with van der Waals surface area (Å²) in [6.45, 7) is 2.55. The third-order valence-electron chi connectivity index (χ3n) is 2.86. The molecule has 3 nitrogen and oxygen atoms in total. The summed E-state index contributed by atoms with van der Waals surface area (Å²) in [6.07, 6.45) is 0. The summed E-state index contributed by atoms with van der Waals surface area (Å²) in [4.78, 5) is 10.9. The van der Waals surface area contributed by atoms with Gasteiger partial charge in [-0.05, 0) is 42.3 Å². The van der Waals surface area contributed by atoms with Crippen molar-refractivity contribution in [1.29, 1.82) is 0 Å². The zero-order chi connectivity index (χ0) is 13.8. The normalized spacial score (nSPS) is 10.2. The number of rotatable bonds is 4. The summed E-state index contributed by atoms with van der Waals surface area (Å²) in [6, 6.07) is 12.5. The number of carbonyl (C=O) groups is 1. The van der Waals surface area contributed by atoms with Crippen molar-refractivity contribution in [2.45, 2.75) is 13.5 Å². The van der Waals surface area contributed by atoms with Gasteiger partial charge in [-0.1, -0.05) is 29.8 Å². The number of carboxylic acids is 1. The Morgan fingerprint density at radius 2 is 2.05 bits per heavy atom. The second-order valence-electron chi connectivity index (χ2n) is 4.32. The van der Waals surface area contributed by atoms with Crippen LogP contribution in [0.2, 0.25) is 5.02 Å². The molecule has 98 valence electrons. The van der Waals surface area contributed by atoms with Gasteiger partial charge in [0.05, 0.1) is 5.56 Å². The molecule has 2 N–H and O–H groups in total. The number of nitrogens with one attached hydrogen (secondary N) is 1. The smallest absolute Gasteiger partial charge is 0.335 e. The first-order valence-electron chi connectivity index (χ1n) is 5.88. The van der Waals surface area contributed by atoms with E-state index in [1.54, 1.807) is 18.2 Å². The van der Waals surface area contributed by atoms with Crippen LogP contribution in [0.4, 0.5) is 5.69 Å². The second kappa shape index (κ2) is 5.76. The van der Waals surface area contributed by atoms with Crippen LogP contribution in [0.5, 0.6) is 0 Å². The van der Waals surface area contributed by atoms with Crippen molar-refractivity contribution in [2.75, 3.05) is 5.32 Å². The molecule has 2 rings (SSSR count). The van der Waals surface area contributed by atoms with Crippen LogP contribution in [0, 0.1) is 6.92 Å². The van der Waals surface area contributed by atoms with Gasteiger partial charge in [0.2, 0.25) is 0 Å². The standard InChI is InChI=1S/C15H14ClNO2/c1-10-5-6-13(16)8-14(10)17-9-11-3-2-4-12(7-11)15(18)19/h2-8,17H,9H2,1H3,(H,18,19). The third-order valence-corrected chi connectivity index (χ3v) is 3.09. The Labute approximate surface area is 116 Å². The van der Waals surface area contributed by atoms with Gasteiger partial charge < -0.3 is 10.4 Å². The first-order valence-corrected chi connectivity index (χ1v) is 6.26. The fraction of sp³-hybridized carbons (Fsp3) is 0.133. The molecular formula is C15H14ClNO2. The Bertz CT molecular complexity index is 611. The molecule has 19 heavy (non-hydrogen) atoms. The predicted molar refractivity (Wildman–Crippen MR) is 76.9 cm³/mol. The molecular weight excluding hydrogens is 262 g/mol. The van der Waals surface area contributed by atoms with E-state index in [0.29, 0.717) is 17.1 Å². The van der Waals surface area contributed by atoms with E-state index in [2.05, 4.69) is 5.32 Å². The van der Waals surface area contributed by atoms with Gasteiger partial charge in [-0.2, -0.15) is 0 Å². The minimum absolute atomic E-state index is 0.294. The fourth-order valence-corrected chi connectivity index (χ4v) is 1.97. The highest BCUT2D eigenvalue weighted by atomic mass is 35.5. The second-order valence-corrected chi connectivity index (χ2v) is 4.75. The molecule has 0 unspecified atom stereocenters. The van der Waals surface area contributed by atoms with E-state index in [4.69, 9.17) is 16.7 Å². The van der Waals surface area contributed by atoms with Gasteiger partial charge in [-0.15, -0.1) is 0 Å². The number of aryl methyl sites for hydroxylation is 1. The topological polar surface area (TPSA) is 49.3 Å². The highest BCUT2D eigenvalue weighted by Gasteiger charge is 2.04. The summed E-state index contributed by atoms with van der Waals surface area (Å²) in [7, 11) is 0. The molecule has 0 aromatic heterocycles. The van der Waals surface area contributed by atoms with Gasteiger partial charge in [-0.3, -0.25) is 0 Å². The molecule has 0 aliphatic carbocycles. The monoisotopic (exact) mass is 275 g/mol. The van der Waals surface area contributed by atoms with Crippen LogP contribution in [0.1, 0.15) is 21.5 Å². The van der Waals surface area contributed by atoms with E-state index in [-0.39, 0.29) is 0 Å².